The van der Waals surface area contributed by atoms with Crippen LogP contribution in [0.5, 0.6) is 5.75 Å². The summed E-state index contributed by atoms with van der Waals surface area (Å²) in [6.07, 6.45) is 5.74. The number of hydrogen-bond donors (Lipinski definition) is 0. The number of amidine groups is 1. The van der Waals surface area contributed by atoms with E-state index in [0.717, 1.165) is 33.4 Å². The van der Waals surface area contributed by atoms with Crippen LogP contribution in [-0.4, -0.2) is 57.7 Å². The van der Waals surface area contributed by atoms with Crippen LogP contribution in [0.25, 0.3) is 23.0 Å². The number of morpholine rings is 1. The lowest BCUT2D eigenvalue weighted by atomic mass is 10.1. The van der Waals surface area contributed by atoms with Gasteiger partial charge in [-0.1, -0.05) is 30.9 Å². The summed E-state index contributed by atoms with van der Waals surface area (Å²) in [6, 6.07) is 17.7. The smallest absolute Gasteiger partial charge is 0.286 e. The van der Waals surface area contributed by atoms with E-state index in [1.807, 2.05) is 85.4 Å². The molecule has 2 aromatic carbocycles. The fourth-order valence-corrected chi connectivity index (χ4v) is 5.23. The third-order valence-corrected chi connectivity index (χ3v) is 6.89. The first kappa shape index (κ1) is 24.1. The molecule has 1 fully saturated rings. The molecule has 5 rings (SSSR count). The number of rotatable bonds is 6. The Labute approximate surface area is 215 Å². The van der Waals surface area contributed by atoms with E-state index in [1.165, 1.54) is 11.8 Å². The van der Waals surface area contributed by atoms with Gasteiger partial charge in [-0.15, -0.1) is 0 Å². The molecule has 3 aromatic rings. The van der Waals surface area contributed by atoms with Crippen LogP contribution in [0, 0.1) is 0 Å². The van der Waals surface area contributed by atoms with Gasteiger partial charge in [0.2, 0.25) is 0 Å². The number of benzene rings is 2. The summed E-state index contributed by atoms with van der Waals surface area (Å²) in [5, 5.41) is 5.60. The Morgan fingerprint density at radius 1 is 1.11 bits per heavy atom. The van der Waals surface area contributed by atoms with Crippen molar-refractivity contribution in [3.05, 3.63) is 83.9 Å². The van der Waals surface area contributed by atoms with Crippen molar-refractivity contribution in [2.75, 3.05) is 19.7 Å². The average Bonchev–Trinajstić information content (AvgIpc) is 3.47. The molecule has 1 amide bonds. The number of aromatic nitrogens is 2. The van der Waals surface area contributed by atoms with E-state index in [1.54, 1.807) is 6.08 Å². The number of thioether (sulfide) groups is 1. The third-order valence-electron chi connectivity index (χ3n) is 5.84. The first-order valence-corrected chi connectivity index (χ1v) is 12.7. The van der Waals surface area contributed by atoms with E-state index in [0.29, 0.717) is 24.6 Å². The molecule has 1 saturated heterocycles. The topological polar surface area (TPSA) is 68.9 Å². The first-order valence-electron chi connectivity index (χ1n) is 11.9. The Hall–Kier alpha value is -3.62. The molecule has 3 heterocycles. The number of hydrogen-bond acceptors (Lipinski definition) is 6. The molecule has 8 heteroatoms. The molecule has 0 spiro atoms. The normalized spacial score (nSPS) is 21.1. The van der Waals surface area contributed by atoms with Gasteiger partial charge in [-0.05, 0) is 68.1 Å². The summed E-state index contributed by atoms with van der Waals surface area (Å²) in [5.74, 6) is 0.531. The van der Waals surface area contributed by atoms with Crippen LogP contribution >= 0.6 is 11.8 Å². The summed E-state index contributed by atoms with van der Waals surface area (Å²) >= 11 is 1.41. The first-order chi connectivity index (χ1) is 17.5. The molecule has 0 aliphatic carbocycles. The van der Waals surface area contributed by atoms with Crippen molar-refractivity contribution < 1.29 is 14.3 Å². The van der Waals surface area contributed by atoms with Gasteiger partial charge in [0.15, 0.2) is 5.17 Å². The van der Waals surface area contributed by atoms with Crippen LogP contribution in [0.3, 0.4) is 0 Å². The van der Waals surface area contributed by atoms with E-state index in [4.69, 9.17) is 14.6 Å². The van der Waals surface area contributed by atoms with Crippen molar-refractivity contribution >= 4 is 28.9 Å². The van der Waals surface area contributed by atoms with Crippen molar-refractivity contribution in [2.24, 2.45) is 4.99 Å². The monoisotopic (exact) mass is 500 g/mol. The molecule has 184 valence electrons. The molecule has 0 N–H and O–H groups in total. The van der Waals surface area contributed by atoms with Gasteiger partial charge in [0.25, 0.3) is 5.91 Å². The average molecular weight is 501 g/mol. The maximum atomic E-state index is 12.9. The highest BCUT2D eigenvalue weighted by molar-refractivity contribution is 8.18. The fourth-order valence-electron chi connectivity index (χ4n) is 4.30. The minimum absolute atomic E-state index is 0.0920. The molecule has 7 nitrogen and oxygen atoms in total. The third kappa shape index (κ3) is 5.29. The van der Waals surface area contributed by atoms with E-state index >= 15 is 0 Å². The van der Waals surface area contributed by atoms with Gasteiger partial charge in [-0.2, -0.15) is 10.1 Å². The minimum atomic E-state index is -0.228. The number of aliphatic imine (C=N–C) groups is 1. The highest BCUT2D eigenvalue weighted by atomic mass is 32.2. The highest BCUT2D eigenvalue weighted by Gasteiger charge is 2.31. The van der Waals surface area contributed by atoms with Crippen LogP contribution in [0.15, 0.2) is 83.3 Å². The second-order valence-electron chi connectivity index (χ2n) is 8.81. The maximum Gasteiger partial charge on any atom is 0.286 e. The quantitative estimate of drug-likeness (QED) is 0.343. The zero-order valence-corrected chi connectivity index (χ0v) is 21.1. The predicted octanol–water partition coefficient (Wildman–Crippen LogP) is 5.18. The molecule has 1 aromatic heterocycles. The summed E-state index contributed by atoms with van der Waals surface area (Å²) in [5.41, 5.74) is 3.48. The molecule has 2 unspecified atom stereocenters. The summed E-state index contributed by atoms with van der Waals surface area (Å²) in [4.78, 5) is 20.0. The number of nitrogens with zero attached hydrogens (tertiary/aromatic N) is 4. The summed E-state index contributed by atoms with van der Waals surface area (Å²) < 4.78 is 13.3. The van der Waals surface area contributed by atoms with E-state index in [9.17, 15) is 4.79 Å². The van der Waals surface area contributed by atoms with Crippen LogP contribution in [-0.2, 0) is 9.53 Å². The molecule has 0 saturated carbocycles. The lowest BCUT2D eigenvalue weighted by Crippen LogP contribution is -2.47. The van der Waals surface area contributed by atoms with Crippen molar-refractivity contribution in [1.29, 1.82) is 0 Å². The Balaban J connectivity index is 1.46. The molecule has 2 atom stereocenters. The number of carbonyl (C=O) groups is 1. The van der Waals surface area contributed by atoms with E-state index in [2.05, 4.69) is 16.5 Å². The predicted molar refractivity (Wildman–Crippen MR) is 144 cm³/mol. The second-order valence-corrected chi connectivity index (χ2v) is 9.82. The molecular weight excluding hydrogens is 472 g/mol. The van der Waals surface area contributed by atoms with Gasteiger partial charge in [0.1, 0.15) is 12.4 Å². The number of ether oxygens (including phenoxy) is 2. The van der Waals surface area contributed by atoms with Gasteiger partial charge < -0.3 is 14.4 Å². The van der Waals surface area contributed by atoms with Crippen LogP contribution in [0.1, 0.15) is 19.4 Å². The summed E-state index contributed by atoms with van der Waals surface area (Å²) in [7, 11) is 0. The lowest BCUT2D eigenvalue weighted by molar-refractivity contribution is -0.113. The van der Waals surface area contributed by atoms with Gasteiger partial charge in [0.05, 0.1) is 28.5 Å². The van der Waals surface area contributed by atoms with Crippen LogP contribution < -0.4 is 4.74 Å². The minimum Gasteiger partial charge on any atom is -0.490 e. The largest absolute Gasteiger partial charge is 0.490 e. The number of carbonyl (C=O) groups excluding carboxylic acids is 1. The fraction of sp³-hybridized carbons (Fsp3) is 0.250. The summed E-state index contributed by atoms with van der Waals surface area (Å²) in [6.45, 7) is 9.65. The van der Waals surface area contributed by atoms with Crippen molar-refractivity contribution in [1.82, 2.24) is 14.7 Å². The zero-order chi connectivity index (χ0) is 25.1. The molecular formula is C28H28N4O3S. The lowest BCUT2D eigenvalue weighted by Gasteiger charge is -2.35. The SMILES string of the molecule is C=CCOc1ccc(-c2nn(-c3ccccc3)cc2C=C2SC(N3CC(C)OC(C)C3)=NC2=O)cc1. The molecule has 2 aliphatic heterocycles. The molecule has 0 bridgehead atoms. The second kappa shape index (κ2) is 10.6. The Bertz CT molecular complexity index is 1300. The Morgan fingerprint density at radius 3 is 2.53 bits per heavy atom. The van der Waals surface area contributed by atoms with Crippen molar-refractivity contribution in [3.63, 3.8) is 0 Å². The highest BCUT2D eigenvalue weighted by Crippen LogP contribution is 2.34. The number of para-hydroxylation sites is 1. The van der Waals surface area contributed by atoms with Crippen LogP contribution in [0.4, 0.5) is 0 Å². The van der Waals surface area contributed by atoms with Crippen LogP contribution in [0.2, 0.25) is 0 Å². The van der Waals surface area contributed by atoms with Crippen molar-refractivity contribution in [2.45, 2.75) is 26.1 Å². The Kier molecular flexibility index (Phi) is 7.06. The maximum absolute atomic E-state index is 12.9. The zero-order valence-electron chi connectivity index (χ0n) is 20.3. The molecule has 36 heavy (non-hydrogen) atoms. The van der Waals surface area contributed by atoms with Gasteiger partial charge in [-0.25, -0.2) is 4.68 Å². The number of amides is 1. The van der Waals surface area contributed by atoms with E-state index in [-0.39, 0.29) is 18.1 Å². The van der Waals surface area contributed by atoms with Gasteiger partial charge in [-0.3, -0.25) is 4.79 Å². The van der Waals surface area contributed by atoms with Crippen molar-refractivity contribution in [3.8, 4) is 22.7 Å². The standard InChI is InChI=1S/C28H28N4O3S/c1-4-14-34-24-12-10-21(11-13-24)26-22(18-32(30-26)23-8-6-5-7-9-23)15-25-27(33)29-28(36-25)31-16-19(2)35-20(3)17-31/h4-13,15,18-20H,1,14,16-17H2,2-3H3. The Morgan fingerprint density at radius 2 is 1.83 bits per heavy atom. The van der Waals surface area contributed by atoms with Gasteiger partial charge >= 0.3 is 0 Å². The molecule has 0 radical (unpaired) electrons. The van der Waals surface area contributed by atoms with Gasteiger partial charge in [0, 0.05) is 30.4 Å². The van der Waals surface area contributed by atoms with E-state index < -0.39 is 0 Å². The molecule has 2 aliphatic rings.